The van der Waals surface area contributed by atoms with Crippen LogP contribution in [0, 0.1) is 0 Å². The van der Waals surface area contributed by atoms with Gasteiger partial charge in [0.05, 0.1) is 0 Å². The lowest BCUT2D eigenvalue weighted by atomic mass is 10.1. The Morgan fingerprint density at radius 3 is 2.79 bits per heavy atom. The van der Waals surface area contributed by atoms with Gasteiger partial charge in [-0.05, 0) is 18.1 Å². The first kappa shape index (κ1) is 9.48. The standard InChI is InChI=1S/C9H10O4S/c10-14(11,12)9-6-5-7-3-1-2-4-8(7)13-9/h1-4,9H,5-6H2,(H,10,11,12). The van der Waals surface area contributed by atoms with Gasteiger partial charge >= 0.3 is 10.1 Å². The van der Waals surface area contributed by atoms with Gasteiger partial charge in [-0.1, -0.05) is 18.2 Å². The van der Waals surface area contributed by atoms with Crippen molar-refractivity contribution in [2.45, 2.75) is 18.3 Å². The SMILES string of the molecule is O=S(=O)(O)C1CCc2ccccc2O1. The van der Waals surface area contributed by atoms with E-state index in [-0.39, 0.29) is 0 Å². The van der Waals surface area contributed by atoms with Crippen molar-refractivity contribution in [2.24, 2.45) is 0 Å². The number of hydrogen-bond acceptors (Lipinski definition) is 3. The Morgan fingerprint density at radius 2 is 2.07 bits per heavy atom. The Morgan fingerprint density at radius 1 is 1.36 bits per heavy atom. The molecule has 14 heavy (non-hydrogen) atoms. The molecule has 1 N–H and O–H groups in total. The van der Waals surface area contributed by atoms with Crippen LogP contribution in [-0.4, -0.2) is 18.4 Å². The third-order valence-electron chi connectivity index (χ3n) is 2.21. The van der Waals surface area contributed by atoms with E-state index in [2.05, 4.69) is 0 Å². The van der Waals surface area contributed by atoms with Crippen LogP contribution in [0.2, 0.25) is 0 Å². The molecule has 1 aliphatic heterocycles. The van der Waals surface area contributed by atoms with Crippen LogP contribution in [0.25, 0.3) is 0 Å². The summed E-state index contributed by atoms with van der Waals surface area (Å²) in [6.45, 7) is 0. The molecule has 2 rings (SSSR count). The number of rotatable bonds is 1. The Labute approximate surface area is 82.3 Å². The molecule has 1 atom stereocenters. The van der Waals surface area contributed by atoms with Crippen molar-refractivity contribution < 1.29 is 17.7 Å². The zero-order chi connectivity index (χ0) is 10.2. The van der Waals surface area contributed by atoms with Crippen LogP contribution in [-0.2, 0) is 16.5 Å². The van der Waals surface area contributed by atoms with Gasteiger partial charge in [0.1, 0.15) is 5.75 Å². The van der Waals surface area contributed by atoms with E-state index in [1.54, 1.807) is 12.1 Å². The summed E-state index contributed by atoms with van der Waals surface area (Å²) in [6.07, 6.45) is 0.913. The molecule has 4 nitrogen and oxygen atoms in total. The molecule has 0 radical (unpaired) electrons. The minimum atomic E-state index is -4.09. The summed E-state index contributed by atoms with van der Waals surface area (Å²) in [5, 5.41) is 0. The van der Waals surface area contributed by atoms with Gasteiger partial charge in [0.2, 0.25) is 5.44 Å². The van der Waals surface area contributed by atoms with E-state index in [1.165, 1.54) is 0 Å². The summed E-state index contributed by atoms with van der Waals surface area (Å²) in [5.74, 6) is 0.543. The molecule has 0 saturated heterocycles. The summed E-state index contributed by atoms with van der Waals surface area (Å²) < 4.78 is 35.6. The second-order valence-electron chi connectivity index (χ2n) is 3.21. The van der Waals surface area contributed by atoms with Crippen LogP contribution in [0.4, 0.5) is 0 Å². The maximum Gasteiger partial charge on any atom is 0.303 e. The van der Waals surface area contributed by atoms with Crippen molar-refractivity contribution in [3.05, 3.63) is 29.8 Å². The molecular weight excluding hydrogens is 204 g/mol. The molecule has 76 valence electrons. The van der Waals surface area contributed by atoms with Crippen molar-refractivity contribution in [1.82, 2.24) is 0 Å². The average molecular weight is 214 g/mol. The first-order chi connectivity index (χ1) is 6.57. The molecule has 0 amide bonds. The molecule has 0 spiro atoms. The maximum atomic E-state index is 10.8. The van der Waals surface area contributed by atoms with E-state index in [1.807, 2.05) is 12.1 Å². The predicted molar refractivity (Wildman–Crippen MR) is 50.7 cm³/mol. The van der Waals surface area contributed by atoms with Crippen LogP contribution in [0.5, 0.6) is 5.75 Å². The monoisotopic (exact) mass is 214 g/mol. The summed E-state index contributed by atoms with van der Waals surface area (Å²) in [6, 6.07) is 7.23. The number of ether oxygens (including phenoxy) is 1. The molecule has 1 aromatic rings. The second-order valence-corrected chi connectivity index (χ2v) is 4.76. The van der Waals surface area contributed by atoms with E-state index in [4.69, 9.17) is 9.29 Å². The number of para-hydroxylation sites is 1. The van der Waals surface area contributed by atoms with Crippen molar-refractivity contribution in [3.8, 4) is 5.75 Å². The van der Waals surface area contributed by atoms with Gasteiger partial charge in [0.15, 0.2) is 0 Å². The number of aryl methyl sites for hydroxylation is 1. The Balaban J connectivity index is 2.30. The summed E-state index contributed by atoms with van der Waals surface area (Å²) in [4.78, 5) is 0. The summed E-state index contributed by atoms with van der Waals surface area (Å²) in [5.41, 5.74) is -0.134. The van der Waals surface area contributed by atoms with Crippen LogP contribution in [0.1, 0.15) is 12.0 Å². The zero-order valence-corrected chi connectivity index (χ0v) is 8.20. The van der Waals surface area contributed by atoms with Gasteiger partial charge < -0.3 is 4.74 Å². The summed E-state index contributed by atoms with van der Waals surface area (Å²) >= 11 is 0. The minimum Gasteiger partial charge on any atom is -0.472 e. The van der Waals surface area contributed by atoms with Gasteiger partial charge in [-0.15, -0.1) is 0 Å². The molecule has 0 aliphatic carbocycles. The molecule has 1 aliphatic rings. The quantitative estimate of drug-likeness (QED) is 0.714. The molecule has 5 heteroatoms. The molecule has 1 aromatic carbocycles. The summed E-state index contributed by atoms with van der Waals surface area (Å²) in [7, 11) is -4.09. The van der Waals surface area contributed by atoms with E-state index in [9.17, 15) is 8.42 Å². The highest BCUT2D eigenvalue weighted by atomic mass is 32.2. The fraction of sp³-hybridized carbons (Fsp3) is 0.333. The van der Waals surface area contributed by atoms with Gasteiger partial charge in [-0.3, -0.25) is 4.55 Å². The predicted octanol–water partition coefficient (Wildman–Crippen LogP) is 1.23. The number of benzene rings is 1. The van der Waals surface area contributed by atoms with Gasteiger partial charge in [0, 0.05) is 6.42 Å². The molecule has 0 aromatic heterocycles. The number of fused-ring (bicyclic) bond motifs is 1. The lowest BCUT2D eigenvalue weighted by Gasteiger charge is -2.23. The first-order valence-electron chi connectivity index (χ1n) is 4.28. The third kappa shape index (κ3) is 1.73. The van der Waals surface area contributed by atoms with Crippen molar-refractivity contribution in [1.29, 1.82) is 0 Å². The van der Waals surface area contributed by atoms with E-state index < -0.39 is 15.6 Å². The molecule has 0 bridgehead atoms. The molecule has 0 fully saturated rings. The topological polar surface area (TPSA) is 63.6 Å². The lowest BCUT2D eigenvalue weighted by Crippen LogP contribution is -2.30. The Kier molecular flexibility index (Phi) is 2.20. The maximum absolute atomic E-state index is 10.8. The Hall–Kier alpha value is -1.07. The second kappa shape index (κ2) is 3.25. The fourth-order valence-corrected chi connectivity index (χ4v) is 2.15. The first-order valence-corrected chi connectivity index (χ1v) is 5.78. The fourth-order valence-electron chi connectivity index (χ4n) is 1.51. The van der Waals surface area contributed by atoms with E-state index in [0.717, 1.165) is 5.56 Å². The van der Waals surface area contributed by atoms with Crippen molar-refractivity contribution in [3.63, 3.8) is 0 Å². The van der Waals surface area contributed by atoms with Gasteiger partial charge in [-0.25, -0.2) is 0 Å². The zero-order valence-electron chi connectivity index (χ0n) is 7.38. The third-order valence-corrected chi connectivity index (χ3v) is 3.21. The van der Waals surface area contributed by atoms with Crippen LogP contribution < -0.4 is 4.74 Å². The van der Waals surface area contributed by atoms with Crippen LogP contribution in [0.15, 0.2) is 24.3 Å². The van der Waals surface area contributed by atoms with Gasteiger partial charge in [-0.2, -0.15) is 8.42 Å². The Bertz CT molecular complexity index is 438. The lowest BCUT2D eigenvalue weighted by molar-refractivity contribution is 0.228. The normalized spacial score (nSPS) is 21.1. The van der Waals surface area contributed by atoms with Gasteiger partial charge in [0.25, 0.3) is 0 Å². The van der Waals surface area contributed by atoms with Crippen LogP contribution >= 0.6 is 0 Å². The molecule has 1 heterocycles. The highest BCUT2D eigenvalue weighted by molar-refractivity contribution is 7.86. The van der Waals surface area contributed by atoms with E-state index >= 15 is 0 Å². The minimum absolute atomic E-state index is 0.301. The van der Waals surface area contributed by atoms with Crippen molar-refractivity contribution in [2.75, 3.05) is 0 Å². The largest absolute Gasteiger partial charge is 0.472 e. The molecule has 1 unspecified atom stereocenters. The van der Waals surface area contributed by atoms with Crippen molar-refractivity contribution >= 4 is 10.1 Å². The highest BCUT2D eigenvalue weighted by Crippen LogP contribution is 2.28. The average Bonchev–Trinajstić information content (AvgIpc) is 2.16. The highest BCUT2D eigenvalue weighted by Gasteiger charge is 2.29. The molecular formula is C9H10O4S. The smallest absolute Gasteiger partial charge is 0.303 e. The molecule has 0 saturated carbocycles. The van der Waals surface area contributed by atoms with Crippen LogP contribution in [0.3, 0.4) is 0 Å². The van der Waals surface area contributed by atoms with E-state index in [0.29, 0.717) is 18.6 Å². The number of hydrogen-bond donors (Lipinski definition) is 1.